The van der Waals surface area contributed by atoms with Crippen molar-refractivity contribution >= 4 is 35.8 Å². The predicted octanol–water partition coefficient (Wildman–Crippen LogP) is 1.98. The number of benzene rings is 1. The summed E-state index contributed by atoms with van der Waals surface area (Å²) in [5.41, 5.74) is 0.873. The zero-order valence-corrected chi connectivity index (χ0v) is 18.7. The van der Waals surface area contributed by atoms with Crippen LogP contribution in [0.4, 0.5) is 0 Å². The minimum atomic E-state index is 0. The summed E-state index contributed by atoms with van der Waals surface area (Å²) in [6, 6.07) is 5.35. The average Bonchev–Trinajstić information content (AvgIpc) is 2.67. The van der Waals surface area contributed by atoms with Crippen LogP contribution in [0.25, 0.3) is 0 Å². The molecule has 1 aliphatic heterocycles. The molecule has 1 aromatic carbocycles. The van der Waals surface area contributed by atoms with Crippen molar-refractivity contribution in [3.05, 3.63) is 23.8 Å². The largest absolute Gasteiger partial charge is 0.508 e. The van der Waals surface area contributed by atoms with Crippen molar-refractivity contribution in [1.29, 1.82) is 0 Å². The summed E-state index contributed by atoms with van der Waals surface area (Å²) in [5, 5.41) is 16.1. The van der Waals surface area contributed by atoms with Crippen LogP contribution in [0.15, 0.2) is 23.2 Å². The SMILES string of the molecule is CN=C(NCCc1ccc(OC)cc1O)N1CCC(CC(=O)NC)CC1.I. The Morgan fingerprint density at radius 1 is 1.37 bits per heavy atom. The first kappa shape index (κ1) is 23.3. The number of guanidine groups is 1. The van der Waals surface area contributed by atoms with Crippen LogP contribution in [0.1, 0.15) is 24.8 Å². The Morgan fingerprint density at radius 2 is 2.07 bits per heavy atom. The maximum Gasteiger partial charge on any atom is 0.220 e. The van der Waals surface area contributed by atoms with Crippen molar-refractivity contribution < 1.29 is 14.6 Å². The minimum absolute atomic E-state index is 0. The number of aromatic hydroxyl groups is 1. The fourth-order valence-corrected chi connectivity index (χ4v) is 3.24. The molecule has 0 unspecified atom stereocenters. The molecule has 0 aromatic heterocycles. The first-order valence-electron chi connectivity index (χ1n) is 9.09. The van der Waals surface area contributed by atoms with Crippen LogP contribution in [0.2, 0.25) is 0 Å². The van der Waals surface area contributed by atoms with E-state index in [-0.39, 0.29) is 35.6 Å². The first-order chi connectivity index (χ1) is 12.6. The number of piperidine rings is 1. The standard InChI is InChI=1S/C19H30N4O3.HI/c1-20-18(25)12-14-7-10-23(11-8-14)19(21-2)22-9-6-15-4-5-16(26-3)13-17(15)24;/h4-5,13-14,24H,6-12H2,1-3H3,(H,20,25)(H,21,22);1H. The molecular weight excluding hydrogens is 459 g/mol. The van der Waals surface area contributed by atoms with Crippen LogP contribution < -0.4 is 15.4 Å². The second-order valence-corrected chi connectivity index (χ2v) is 6.53. The number of nitrogens with zero attached hydrogens (tertiary/aromatic N) is 2. The Balaban J connectivity index is 0.00000364. The average molecular weight is 490 g/mol. The van der Waals surface area contributed by atoms with Gasteiger partial charge in [-0.1, -0.05) is 6.07 Å². The number of carbonyl (C=O) groups excluding carboxylic acids is 1. The molecule has 152 valence electrons. The lowest BCUT2D eigenvalue weighted by Gasteiger charge is -2.34. The van der Waals surface area contributed by atoms with Gasteiger partial charge in [-0.3, -0.25) is 9.79 Å². The van der Waals surface area contributed by atoms with E-state index in [4.69, 9.17) is 4.74 Å². The maximum absolute atomic E-state index is 11.5. The third kappa shape index (κ3) is 7.08. The molecule has 1 aliphatic rings. The number of halogens is 1. The molecule has 0 atom stereocenters. The van der Waals surface area contributed by atoms with Crippen LogP contribution in [-0.2, 0) is 11.2 Å². The highest BCUT2D eigenvalue weighted by Crippen LogP contribution is 2.23. The number of hydrogen-bond donors (Lipinski definition) is 3. The van der Waals surface area contributed by atoms with Crippen LogP contribution in [0.3, 0.4) is 0 Å². The van der Waals surface area contributed by atoms with Gasteiger partial charge in [0.25, 0.3) is 0 Å². The lowest BCUT2D eigenvalue weighted by atomic mass is 9.93. The van der Waals surface area contributed by atoms with E-state index in [1.54, 1.807) is 27.3 Å². The smallest absolute Gasteiger partial charge is 0.220 e. The predicted molar refractivity (Wildman–Crippen MR) is 118 cm³/mol. The first-order valence-corrected chi connectivity index (χ1v) is 9.09. The van der Waals surface area contributed by atoms with Gasteiger partial charge in [-0.05, 0) is 36.8 Å². The molecule has 8 heteroatoms. The van der Waals surface area contributed by atoms with E-state index < -0.39 is 0 Å². The quantitative estimate of drug-likeness (QED) is 0.323. The van der Waals surface area contributed by atoms with E-state index in [1.165, 1.54) is 0 Å². The number of carbonyl (C=O) groups is 1. The summed E-state index contributed by atoms with van der Waals surface area (Å²) in [5.74, 6) is 2.33. The summed E-state index contributed by atoms with van der Waals surface area (Å²) in [7, 11) is 5.05. The normalized spacial score (nSPS) is 15.1. The molecule has 0 radical (unpaired) electrons. The number of methoxy groups -OCH3 is 1. The number of aliphatic imine (C=N–C) groups is 1. The molecule has 7 nitrogen and oxygen atoms in total. The summed E-state index contributed by atoms with van der Waals surface area (Å²) in [6.45, 7) is 2.48. The Labute approximate surface area is 178 Å². The van der Waals surface area contributed by atoms with Gasteiger partial charge in [0.1, 0.15) is 11.5 Å². The van der Waals surface area contributed by atoms with Crippen molar-refractivity contribution in [2.45, 2.75) is 25.7 Å². The molecular formula is C19H31IN4O3. The van der Waals surface area contributed by atoms with Crippen molar-refractivity contribution in [1.82, 2.24) is 15.5 Å². The number of nitrogens with one attached hydrogen (secondary N) is 2. The molecule has 1 amide bonds. The van der Waals surface area contributed by atoms with E-state index >= 15 is 0 Å². The molecule has 2 rings (SSSR count). The van der Waals surface area contributed by atoms with Crippen molar-refractivity contribution in [2.75, 3.05) is 40.8 Å². The highest BCUT2D eigenvalue weighted by molar-refractivity contribution is 14.0. The molecule has 1 fully saturated rings. The van der Waals surface area contributed by atoms with Gasteiger partial charge in [-0.2, -0.15) is 0 Å². The molecule has 1 heterocycles. The molecule has 27 heavy (non-hydrogen) atoms. The summed E-state index contributed by atoms with van der Waals surface area (Å²) < 4.78 is 5.10. The number of hydrogen-bond acceptors (Lipinski definition) is 4. The van der Waals surface area contributed by atoms with Crippen LogP contribution in [-0.4, -0.2) is 62.7 Å². The summed E-state index contributed by atoms with van der Waals surface area (Å²) in [6.07, 6.45) is 3.29. The second kappa shape index (κ2) is 11.9. The van der Waals surface area contributed by atoms with Gasteiger partial charge in [-0.25, -0.2) is 0 Å². The monoisotopic (exact) mass is 490 g/mol. The van der Waals surface area contributed by atoms with Gasteiger partial charge in [0.2, 0.25) is 5.91 Å². The molecule has 0 saturated carbocycles. The minimum Gasteiger partial charge on any atom is -0.508 e. The lowest BCUT2D eigenvalue weighted by Crippen LogP contribution is -2.46. The highest BCUT2D eigenvalue weighted by Gasteiger charge is 2.22. The van der Waals surface area contributed by atoms with Gasteiger partial charge < -0.3 is 25.4 Å². The molecule has 1 aromatic rings. The highest BCUT2D eigenvalue weighted by atomic mass is 127. The van der Waals surface area contributed by atoms with Crippen LogP contribution in [0.5, 0.6) is 11.5 Å². The van der Waals surface area contributed by atoms with E-state index in [2.05, 4.69) is 20.5 Å². The lowest BCUT2D eigenvalue weighted by molar-refractivity contribution is -0.121. The van der Waals surface area contributed by atoms with E-state index in [9.17, 15) is 9.90 Å². The Hall–Kier alpha value is -1.71. The van der Waals surface area contributed by atoms with Crippen LogP contribution in [0, 0.1) is 5.92 Å². The fourth-order valence-electron chi connectivity index (χ4n) is 3.24. The molecule has 1 saturated heterocycles. The molecule has 3 N–H and O–H groups in total. The Bertz CT molecular complexity index is 631. The van der Waals surface area contributed by atoms with Gasteiger partial charge in [0, 0.05) is 46.2 Å². The van der Waals surface area contributed by atoms with Crippen molar-refractivity contribution in [3.8, 4) is 11.5 Å². The summed E-state index contributed by atoms with van der Waals surface area (Å²) in [4.78, 5) is 18.1. The second-order valence-electron chi connectivity index (χ2n) is 6.53. The van der Waals surface area contributed by atoms with Crippen molar-refractivity contribution in [2.24, 2.45) is 10.9 Å². The van der Waals surface area contributed by atoms with Gasteiger partial charge >= 0.3 is 0 Å². The summed E-state index contributed by atoms with van der Waals surface area (Å²) >= 11 is 0. The number of rotatable bonds is 6. The van der Waals surface area contributed by atoms with Crippen LogP contribution >= 0.6 is 24.0 Å². The Morgan fingerprint density at radius 3 is 2.63 bits per heavy atom. The zero-order chi connectivity index (χ0) is 18.9. The number of phenolic OH excluding ortho intramolecular Hbond substituents is 1. The van der Waals surface area contributed by atoms with E-state index in [0.29, 0.717) is 31.1 Å². The number of phenols is 1. The Kier molecular flexibility index (Phi) is 10.3. The molecule has 0 aliphatic carbocycles. The molecule has 0 spiro atoms. The van der Waals surface area contributed by atoms with Crippen molar-refractivity contribution in [3.63, 3.8) is 0 Å². The topological polar surface area (TPSA) is 86.2 Å². The van der Waals surface area contributed by atoms with Gasteiger partial charge in [0.15, 0.2) is 5.96 Å². The molecule has 0 bridgehead atoms. The number of ether oxygens (including phenoxy) is 1. The fraction of sp³-hybridized carbons (Fsp3) is 0.579. The third-order valence-corrected chi connectivity index (χ3v) is 4.85. The van der Waals surface area contributed by atoms with Gasteiger partial charge in [0.05, 0.1) is 7.11 Å². The van der Waals surface area contributed by atoms with Gasteiger partial charge in [-0.15, -0.1) is 24.0 Å². The number of amides is 1. The number of likely N-dealkylation sites (tertiary alicyclic amines) is 1. The zero-order valence-electron chi connectivity index (χ0n) is 16.3. The van der Waals surface area contributed by atoms with E-state index in [1.807, 2.05) is 12.1 Å². The third-order valence-electron chi connectivity index (χ3n) is 4.85. The maximum atomic E-state index is 11.5. The van der Waals surface area contributed by atoms with E-state index in [0.717, 1.165) is 37.5 Å².